The predicted molar refractivity (Wildman–Crippen MR) is 110 cm³/mol. The van der Waals surface area contributed by atoms with E-state index in [0.29, 0.717) is 5.56 Å². The molecule has 2 amide bonds. The molecule has 1 aliphatic heterocycles. The summed E-state index contributed by atoms with van der Waals surface area (Å²) >= 11 is 0. The Morgan fingerprint density at radius 2 is 1.57 bits per heavy atom. The molecular formula is C23H27N3O2. The Morgan fingerprint density at radius 1 is 0.893 bits per heavy atom. The number of amides is 2. The molecule has 1 heterocycles. The zero-order valence-corrected chi connectivity index (χ0v) is 16.1. The summed E-state index contributed by atoms with van der Waals surface area (Å²) in [7, 11) is 0. The van der Waals surface area contributed by atoms with Crippen molar-refractivity contribution in [3.63, 3.8) is 0 Å². The van der Waals surface area contributed by atoms with Gasteiger partial charge in [-0.2, -0.15) is 0 Å². The van der Waals surface area contributed by atoms with Crippen molar-refractivity contribution in [1.82, 2.24) is 10.2 Å². The van der Waals surface area contributed by atoms with Crippen molar-refractivity contribution in [2.24, 2.45) is 5.92 Å². The molecule has 2 aromatic carbocycles. The van der Waals surface area contributed by atoms with E-state index in [-0.39, 0.29) is 23.8 Å². The van der Waals surface area contributed by atoms with Crippen LogP contribution < -0.4 is 10.6 Å². The lowest BCUT2D eigenvalue weighted by Crippen LogP contribution is -2.44. The monoisotopic (exact) mass is 377 g/mol. The number of rotatable bonds is 6. The summed E-state index contributed by atoms with van der Waals surface area (Å²) in [5.74, 6) is 0.219. The highest BCUT2D eigenvalue weighted by Crippen LogP contribution is 2.30. The van der Waals surface area contributed by atoms with E-state index < -0.39 is 0 Å². The fraction of sp³-hybridized carbons (Fsp3) is 0.391. The standard InChI is InChI=1S/C23H27N3O2/c27-22(18-6-7-18)24-20-10-8-19(9-11-20)23(28)25-21-12-14-26(15-13-21)16-17-4-2-1-3-5-17/h1-5,8-11,18,21H,6-7,12-16H2,(H,24,27)(H,25,28). The smallest absolute Gasteiger partial charge is 0.251 e. The summed E-state index contributed by atoms with van der Waals surface area (Å²) in [6.45, 7) is 2.95. The Hall–Kier alpha value is -2.66. The van der Waals surface area contributed by atoms with Crippen LogP contribution in [0.1, 0.15) is 41.6 Å². The van der Waals surface area contributed by atoms with Gasteiger partial charge in [-0.25, -0.2) is 0 Å². The van der Waals surface area contributed by atoms with Crippen LogP contribution in [0.4, 0.5) is 5.69 Å². The van der Waals surface area contributed by atoms with Crippen LogP contribution in [0.5, 0.6) is 0 Å². The normalized spacial score (nSPS) is 17.9. The number of carbonyl (C=O) groups is 2. The molecule has 1 saturated heterocycles. The fourth-order valence-corrected chi connectivity index (χ4v) is 3.64. The van der Waals surface area contributed by atoms with E-state index in [0.717, 1.165) is 51.0 Å². The lowest BCUT2D eigenvalue weighted by molar-refractivity contribution is -0.117. The molecular weight excluding hydrogens is 350 g/mol. The highest BCUT2D eigenvalue weighted by atomic mass is 16.2. The number of hydrogen-bond acceptors (Lipinski definition) is 3. The van der Waals surface area contributed by atoms with E-state index in [2.05, 4.69) is 39.8 Å². The minimum atomic E-state index is -0.0402. The molecule has 2 N–H and O–H groups in total. The molecule has 2 fully saturated rings. The maximum Gasteiger partial charge on any atom is 0.251 e. The van der Waals surface area contributed by atoms with Crippen LogP contribution in [0.3, 0.4) is 0 Å². The SMILES string of the molecule is O=C(NC1CCN(Cc2ccccc2)CC1)c1ccc(NC(=O)C2CC2)cc1. The molecule has 4 rings (SSSR count). The minimum Gasteiger partial charge on any atom is -0.349 e. The average Bonchev–Trinajstić information content (AvgIpc) is 3.56. The van der Waals surface area contributed by atoms with Gasteiger partial charge in [0.05, 0.1) is 0 Å². The van der Waals surface area contributed by atoms with E-state index in [4.69, 9.17) is 0 Å². The predicted octanol–water partition coefficient (Wildman–Crippen LogP) is 3.43. The topological polar surface area (TPSA) is 61.4 Å². The van der Waals surface area contributed by atoms with Crippen molar-refractivity contribution < 1.29 is 9.59 Å². The largest absolute Gasteiger partial charge is 0.349 e. The van der Waals surface area contributed by atoms with Crippen LogP contribution >= 0.6 is 0 Å². The summed E-state index contributed by atoms with van der Waals surface area (Å²) in [6.07, 6.45) is 3.90. The van der Waals surface area contributed by atoms with Gasteiger partial charge in [0.15, 0.2) is 0 Å². The van der Waals surface area contributed by atoms with Crippen LogP contribution in [-0.2, 0) is 11.3 Å². The first kappa shape index (κ1) is 18.7. The number of benzene rings is 2. The number of nitrogens with zero attached hydrogens (tertiary/aromatic N) is 1. The second kappa shape index (κ2) is 8.57. The molecule has 0 atom stereocenters. The van der Waals surface area contributed by atoms with Gasteiger partial charge in [0, 0.05) is 42.8 Å². The van der Waals surface area contributed by atoms with Gasteiger partial charge in [0.1, 0.15) is 0 Å². The summed E-state index contributed by atoms with van der Waals surface area (Å²) in [5, 5.41) is 6.06. The lowest BCUT2D eigenvalue weighted by atomic mass is 10.0. The minimum absolute atomic E-state index is 0.0402. The Kier molecular flexibility index (Phi) is 5.72. The number of likely N-dealkylation sites (tertiary alicyclic amines) is 1. The first-order valence-electron chi connectivity index (χ1n) is 10.2. The maximum atomic E-state index is 12.5. The molecule has 0 unspecified atom stereocenters. The number of nitrogens with one attached hydrogen (secondary N) is 2. The highest BCUT2D eigenvalue weighted by Gasteiger charge is 2.29. The van der Waals surface area contributed by atoms with Crippen LogP contribution in [0.25, 0.3) is 0 Å². The van der Waals surface area contributed by atoms with E-state index >= 15 is 0 Å². The number of carbonyl (C=O) groups excluding carboxylic acids is 2. The van der Waals surface area contributed by atoms with Gasteiger partial charge in [0.2, 0.25) is 5.91 Å². The van der Waals surface area contributed by atoms with Gasteiger partial charge in [-0.3, -0.25) is 14.5 Å². The van der Waals surface area contributed by atoms with Gasteiger partial charge in [0.25, 0.3) is 5.91 Å². The van der Waals surface area contributed by atoms with Crippen molar-refractivity contribution >= 4 is 17.5 Å². The molecule has 0 bridgehead atoms. The van der Waals surface area contributed by atoms with E-state index in [1.807, 2.05) is 6.07 Å². The van der Waals surface area contributed by atoms with Crippen molar-refractivity contribution in [2.45, 2.75) is 38.3 Å². The fourth-order valence-electron chi connectivity index (χ4n) is 3.64. The van der Waals surface area contributed by atoms with Gasteiger partial charge in [-0.1, -0.05) is 30.3 Å². The lowest BCUT2D eigenvalue weighted by Gasteiger charge is -2.32. The Bertz CT molecular complexity index is 808. The molecule has 28 heavy (non-hydrogen) atoms. The van der Waals surface area contributed by atoms with E-state index in [1.54, 1.807) is 24.3 Å². The van der Waals surface area contributed by atoms with Crippen molar-refractivity contribution in [3.8, 4) is 0 Å². The number of piperidine rings is 1. The van der Waals surface area contributed by atoms with Crippen LogP contribution in [-0.4, -0.2) is 35.8 Å². The van der Waals surface area contributed by atoms with Crippen molar-refractivity contribution in [1.29, 1.82) is 0 Å². The van der Waals surface area contributed by atoms with Crippen LogP contribution in [0, 0.1) is 5.92 Å². The number of hydrogen-bond donors (Lipinski definition) is 2. The van der Waals surface area contributed by atoms with Gasteiger partial charge < -0.3 is 10.6 Å². The Labute approximate surface area is 166 Å². The quantitative estimate of drug-likeness (QED) is 0.811. The third kappa shape index (κ3) is 4.98. The molecule has 2 aromatic rings. The third-order valence-electron chi connectivity index (χ3n) is 5.53. The van der Waals surface area contributed by atoms with Crippen LogP contribution in [0.2, 0.25) is 0 Å². The van der Waals surface area contributed by atoms with Crippen molar-refractivity contribution in [2.75, 3.05) is 18.4 Å². The zero-order chi connectivity index (χ0) is 19.3. The summed E-state index contributed by atoms with van der Waals surface area (Å²) in [4.78, 5) is 26.8. The Morgan fingerprint density at radius 3 is 2.21 bits per heavy atom. The Balaban J connectivity index is 1.23. The molecule has 1 saturated carbocycles. The molecule has 5 nitrogen and oxygen atoms in total. The second-order valence-electron chi connectivity index (χ2n) is 7.85. The second-order valence-corrected chi connectivity index (χ2v) is 7.85. The van der Waals surface area contributed by atoms with E-state index in [1.165, 1.54) is 5.56 Å². The molecule has 0 radical (unpaired) electrons. The molecule has 1 aliphatic carbocycles. The van der Waals surface area contributed by atoms with Gasteiger partial charge >= 0.3 is 0 Å². The molecule has 0 spiro atoms. The zero-order valence-electron chi connectivity index (χ0n) is 16.1. The van der Waals surface area contributed by atoms with Gasteiger partial charge in [-0.05, 0) is 55.5 Å². The molecule has 0 aromatic heterocycles. The molecule has 5 heteroatoms. The third-order valence-corrected chi connectivity index (χ3v) is 5.53. The number of anilines is 1. The summed E-state index contributed by atoms with van der Waals surface area (Å²) in [6, 6.07) is 17.9. The molecule has 2 aliphatic rings. The highest BCUT2D eigenvalue weighted by molar-refractivity contribution is 5.96. The average molecular weight is 377 g/mol. The van der Waals surface area contributed by atoms with Gasteiger partial charge in [-0.15, -0.1) is 0 Å². The maximum absolute atomic E-state index is 12.5. The first-order valence-corrected chi connectivity index (χ1v) is 10.2. The van der Waals surface area contributed by atoms with Crippen molar-refractivity contribution in [3.05, 3.63) is 65.7 Å². The molecule has 146 valence electrons. The van der Waals surface area contributed by atoms with E-state index in [9.17, 15) is 9.59 Å². The summed E-state index contributed by atoms with van der Waals surface area (Å²) < 4.78 is 0. The van der Waals surface area contributed by atoms with Crippen LogP contribution in [0.15, 0.2) is 54.6 Å². The first-order chi connectivity index (χ1) is 13.7. The summed E-state index contributed by atoms with van der Waals surface area (Å²) in [5.41, 5.74) is 2.72.